The largest absolute Gasteiger partial charge is 0.493 e. The van der Waals surface area contributed by atoms with E-state index >= 15 is 0 Å². The summed E-state index contributed by atoms with van der Waals surface area (Å²) in [7, 11) is 0. The number of nitrogens with one attached hydrogen (secondary N) is 1. The summed E-state index contributed by atoms with van der Waals surface area (Å²) in [6.45, 7) is 4.04. The van der Waals surface area contributed by atoms with Gasteiger partial charge in [0.1, 0.15) is 5.75 Å². The smallest absolute Gasteiger partial charge is 0.127 e. The van der Waals surface area contributed by atoms with Gasteiger partial charge in [-0.15, -0.1) is 11.3 Å². The molecule has 1 N–H and O–H groups in total. The molecule has 0 saturated carbocycles. The van der Waals surface area contributed by atoms with Crippen molar-refractivity contribution in [3.8, 4) is 5.75 Å². The van der Waals surface area contributed by atoms with Gasteiger partial charge in [0.25, 0.3) is 0 Å². The van der Waals surface area contributed by atoms with Crippen LogP contribution >= 0.6 is 27.3 Å². The molecule has 0 aliphatic carbocycles. The summed E-state index contributed by atoms with van der Waals surface area (Å²) in [5.74, 6) is 1.10. The third kappa shape index (κ3) is 3.33. The second-order valence-electron chi connectivity index (χ2n) is 5.32. The van der Waals surface area contributed by atoms with Gasteiger partial charge in [0.2, 0.25) is 0 Å². The number of rotatable bonds is 5. The van der Waals surface area contributed by atoms with E-state index in [1.54, 1.807) is 11.3 Å². The lowest BCUT2D eigenvalue weighted by Crippen LogP contribution is -2.24. The number of hydrogen-bond acceptors (Lipinski definition) is 3. The van der Waals surface area contributed by atoms with Crippen molar-refractivity contribution in [1.29, 1.82) is 0 Å². The lowest BCUT2D eigenvalue weighted by Gasteiger charge is -2.25. The predicted octanol–water partition coefficient (Wildman–Crippen LogP) is 4.92. The van der Waals surface area contributed by atoms with Crippen molar-refractivity contribution in [2.45, 2.75) is 32.2 Å². The van der Waals surface area contributed by atoms with E-state index in [9.17, 15) is 0 Å². The molecule has 21 heavy (non-hydrogen) atoms. The molecule has 1 atom stereocenters. The Bertz CT molecular complexity index is 611. The van der Waals surface area contributed by atoms with Gasteiger partial charge in [-0.1, -0.05) is 25.1 Å². The molecule has 0 bridgehead atoms. The van der Waals surface area contributed by atoms with Gasteiger partial charge in [-0.3, -0.25) is 0 Å². The Morgan fingerprint density at radius 3 is 3.00 bits per heavy atom. The van der Waals surface area contributed by atoms with E-state index in [0.29, 0.717) is 0 Å². The zero-order valence-electron chi connectivity index (χ0n) is 12.2. The van der Waals surface area contributed by atoms with Crippen LogP contribution in [0.25, 0.3) is 0 Å². The Hall–Kier alpha value is -0.840. The van der Waals surface area contributed by atoms with E-state index in [0.717, 1.165) is 38.2 Å². The number of fused-ring (bicyclic) bond motifs is 1. The second-order valence-corrected chi connectivity index (χ2v) is 7.81. The number of hydrogen-bond donors (Lipinski definition) is 1. The third-order valence-corrected chi connectivity index (χ3v) is 5.44. The van der Waals surface area contributed by atoms with Crippen LogP contribution < -0.4 is 10.1 Å². The van der Waals surface area contributed by atoms with Crippen LogP contribution in [-0.2, 0) is 6.42 Å². The zero-order valence-corrected chi connectivity index (χ0v) is 14.6. The maximum atomic E-state index is 6.00. The Morgan fingerprint density at radius 2 is 2.24 bits per heavy atom. The summed E-state index contributed by atoms with van der Waals surface area (Å²) in [5, 5.41) is 3.68. The molecule has 0 fully saturated rings. The van der Waals surface area contributed by atoms with E-state index in [-0.39, 0.29) is 6.04 Å². The van der Waals surface area contributed by atoms with Gasteiger partial charge in [0.05, 0.1) is 16.4 Å². The molecule has 4 heteroatoms. The van der Waals surface area contributed by atoms with Gasteiger partial charge >= 0.3 is 0 Å². The van der Waals surface area contributed by atoms with E-state index < -0.39 is 0 Å². The number of para-hydroxylation sites is 1. The van der Waals surface area contributed by atoms with Crippen LogP contribution in [0.15, 0.2) is 34.1 Å². The molecule has 1 aliphatic heterocycles. The quantitative estimate of drug-likeness (QED) is 0.811. The molecule has 1 aromatic carbocycles. The predicted molar refractivity (Wildman–Crippen MR) is 92.4 cm³/mol. The van der Waals surface area contributed by atoms with E-state index in [1.165, 1.54) is 19.8 Å². The number of ether oxygens (including phenoxy) is 1. The molecule has 3 rings (SSSR count). The Morgan fingerprint density at radius 1 is 1.33 bits per heavy atom. The first-order chi connectivity index (χ1) is 10.3. The molecule has 1 unspecified atom stereocenters. The highest BCUT2D eigenvalue weighted by Gasteiger charge is 2.23. The molecule has 0 amide bonds. The summed E-state index contributed by atoms with van der Waals surface area (Å²) < 4.78 is 7.17. The number of aryl methyl sites for hydroxylation is 1. The van der Waals surface area contributed by atoms with Gasteiger partial charge in [-0.05, 0) is 59.4 Å². The monoisotopic (exact) mass is 365 g/mol. The average molecular weight is 366 g/mol. The standard InChI is InChI=1S/C17H20BrNOS/c1-2-10-19-16(14-8-9-15(18)21-14)13-7-3-5-12-6-4-11-20-17(12)13/h3,5,7-9,16,19H,2,4,6,10-11H2,1H3. The van der Waals surface area contributed by atoms with Gasteiger partial charge in [0, 0.05) is 10.4 Å². The normalized spacial score (nSPS) is 15.3. The van der Waals surface area contributed by atoms with Crippen molar-refractivity contribution >= 4 is 27.3 Å². The molecule has 2 aromatic rings. The molecule has 1 aromatic heterocycles. The highest BCUT2D eigenvalue weighted by Crippen LogP contribution is 2.38. The first kappa shape index (κ1) is 15.1. The molecule has 0 saturated heterocycles. The first-order valence-corrected chi connectivity index (χ1v) is 9.13. The molecule has 1 aliphatic rings. The van der Waals surface area contributed by atoms with Crippen LogP contribution in [0.3, 0.4) is 0 Å². The van der Waals surface area contributed by atoms with Crippen LogP contribution in [0.4, 0.5) is 0 Å². The topological polar surface area (TPSA) is 21.3 Å². The van der Waals surface area contributed by atoms with Crippen LogP contribution in [-0.4, -0.2) is 13.2 Å². The van der Waals surface area contributed by atoms with Crippen molar-refractivity contribution in [2.24, 2.45) is 0 Å². The Kier molecular flexibility index (Phi) is 4.99. The highest BCUT2D eigenvalue weighted by molar-refractivity contribution is 9.11. The van der Waals surface area contributed by atoms with Crippen LogP contribution in [0.2, 0.25) is 0 Å². The van der Waals surface area contributed by atoms with Crippen molar-refractivity contribution in [2.75, 3.05) is 13.2 Å². The Labute approximate surface area is 138 Å². The van der Waals surface area contributed by atoms with Crippen LogP contribution in [0.5, 0.6) is 5.75 Å². The first-order valence-electron chi connectivity index (χ1n) is 7.52. The van der Waals surface area contributed by atoms with Crippen molar-refractivity contribution in [3.63, 3.8) is 0 Å². The minimum absolute atomic E-state index is 0.217. The van der Waals surface area contributed by atoms with E-state index in [2.05, 4.69) is 58.5 Å². The summed E-state index contributed by atoms with van der Waals surface area (Å²) in [6.07, 6.45) is 3.37. The third-order valence-electron chi connectivity index (χ3n) is 3.75. The molecular formula is C17H20BrNOS. The lowest BCUT2D eigenvalue weighted by atomic mass is 9.97. The van der Waals surface area contributed by atoms with Crippen molar-refractivity contribution in [1.82, 2.24) is 5.32 Å². The Balaban J connectivity index is 2.00. The van der Waals surface area contributed by atoms with Gasteiger partial charge in [0.15, 0.2) is 0 Å². The average Bonchev–Trinajstić information content (AvgIpc) is 2.94. The summed E-state index contributed by atoms with van der Waals surface area (Å²) in [4.78, 5) is 1.33. The molecule has 112 valence electrons. The number of benzene rings is 1. The summed E-state index contributed by atoms with van der Waals surface area (Å²) in [5.41, 5.74) is 2.62. The van der Waals surface area contributed by atoms with Gasteiger partial charge < -0.3 is 10.1 Å². The molecular weight excluding hydrogens is 346 g/mol. The fourth-order valence-corrected chi connectivity index (χ4v) is 4.30. The van der Waals surface area contributed by atoms with Crippen LogP contribution in [0.1, 0.15) is 41.8 Å². The van der Waals surface area contributed by atoms with Crippen molar-refractivity contribution in [3.05, 3.63) is 50.1 Å². The van der Waals surface area contributed by atoms with E-state index in [4.69, 9.17) is 4.74 Å². The molecule has 2 nitrogen and oxygen atoms in total. The number of thiophene rings is 1. The highest BCUT2D eigenvalue weighted by atomic mass is 79.9. The van der Waals surface area contributed by atoms with Gasteiger partial charge in [-0.25, -0.2) is 0 Å². The van der Waals surface area contributed by atoms with Gasteiger partial charge in [-0.2, -0.15) is 0 Å². The second kappa shape index (κ2) is 6.95. The molecule has 0 radical (unpaired) electrons. The molecule has 2 heterocycles. The zero-order chi connectivity index (χ0) is 14.7. The summed E-state index contributed by atoms with van der Waals surface area (Å²) in [6, 6.07) is 11.1. The summed E-state index contributed by atoms with van der Waals surface area (Å²) >= 11 is 5.37. The maximum Gasteiger partial charge on any atom is 0.127 e. The van der Waals surface area contributed by atoms with E-state index in [1.807, 2.05) is 0 Å². The SMILES string of the molecule is CCCNC(c1ccc(Br)s1)c1cccc2c1OCCC2. The lowest BCUT2D eigenvalue weighted by molar-refractivity contribution is 0.283. The fraction of sp³-hybridized carbons (Fsp3) is 0.412. The van der Waals surface area contributed by atoms with Crippen molar-refractivity contribution < 1.29 is 4.74 Å². The maximum absolute atomic E-state index is 6.00. The fourth-order valence-electron chi connectivity index (χ4n) is 2.78. The minimum Gasteiger partial charge on any atom is -0.493 e. The van der Waals surface area contributed by atoms with Crippen LogP contribution in [0, 0.1) is 0 Å². The number of halogens is 1. The minimum atomic E-state index is 0.217. The molecule has 0 spiro atoms.